The third kappa shape index (κ3) is 7.86. The van der Waals surface area contributed by atoms with Crippen LogP contribution in [0.1, 0.15) is 105 Å². The van der Waals surface area contributed by atoms with E-state index in [1.54, 1.807) is 12.4 Å². The van der Waals surface area contributed by atoms with Gasteiger partial charge in [-0.3, -0.25) is 9.97 Å². The van der Waals surface area contributed by atoms with Crippen LogP contribution in [0.25, 0.3) is 11.3 Å². The molecular formula is C35H52N2. The Kier molecular flexibility index (Phi) is 21.3. The lowest BCUT2D eigenvalue weighted by molar-refractivity contribution is 0.735. The van der Waals surface area contributed by atoms with E-state index in [4.69, 9.17) is 4.98 Å². The lowest BCUT2D eigenvalue weighted by atomic mass is 9.69. The maximum atomic E-state index is 4.82. The standard InChI is InChI=1S/C23H16N2.6C2H6/c1-3-9-17(10-4-1)23(18-11-5-2-6-12-18)20-14-8-7-13-19(20)21-22(23)25-16-15-24-21;6*1-2/h1-16H;6*1-2H3. The van der Waals surface area contributed by atoms with E-state index < -0.39 is 5.41 Å². The van der Waals surface area contributed by atoms with Crippen LogP contribution in [-0.4, -0.2) is 9.97 Å². The van der Waals surface area contributed by atoms with E-state index >= 15 is 0 Å². The molecule has 0 fully saturated rings. The molecule has 1 aromatic heterocycles. The van der Waals surface area contributed by atoms with Crippen molar-refractivity contribution in [3.05, 3.63) is 120 Å². The molecular weight excluding hydrogens is 448 g/mol. The van der Waals surface area contributed by atoms with Gasteiger partial charge >= 0.3 is 0 Å². The molecule has 0 saturated carbocycles. The van der Waals surface area contributed by atoms with Crippen LogP contribution in [0.5, 0.6) is 0 Å². The summed E-state index contributed by atoms with van der Waals surface area (Å²) in [6.45, 7) is 24.0. The van der Waals surface area contributed by atoms with Gasteiger partial charge in [0.1, 0.15) is 0 Å². The van der Waals surface area contributed by atoms with Crippen LogP contribution >= 0.6 is 0 Å². The molecule has 5 rings (SSSR count). The smallest absolute Gasteiger partial charge is 0.0937 e. The fourth-order valence-electron chi connectivity index (χ4n) is 4.08. The Hall–Kier alpha value is -3.26. The van der Waals surface area contributed by atoms with Gasteiger partial charge in [0.25, 0.3) is 0 Å². The van der Waals surface area contributed by atoms with Crippen LogP contribution in [-0.2, 0) is 5.41 Å². The number of nitrogens with zero attached hydrogens (tertiary/aromatic N) is 2. The van der Waals surface area contributed by atoms with Gasteiger partial charge in [-0.15, -0.1) is 0 Å². The Balaban J connectivity index is 0. The van der Waals surface area contributed by atoms with Crippen molar-refractivity contribution in [3.63, 3.8) is 0 Å². The second-order valence-corrected chi connectivity index (χ2v) is 6.28. The molecule has 0 aliphatic heterocycles. The topological polar surface area (TPSA) is 25.8 Å². The molecule has 0 radical (unpaired) electrons. The molecule has 2 nitrogen and oxygen atoms in total. The van der Waals surface area contributed by atoms with Crippen molar-refractivity contribution in [2.24, 2.45) is 0 Å². The van der Waals surface area contributed by atoms with Crippen LogP contribution < -0.4 is 0 Å². The normalized spacial score (nSPS) is 10.4. The summed E-state index contributed by atoms with van der Waals surface area (Å²) in [5.41, 5.74) is 6.40. The van der Waals surface area contributed by atoms with Crippen molar-refractivity contribution in [3.8, 4) is 11.3 Å². The highest BCUT2D eigenvalue weighted by atomic mass is 14.8. The maximum absolute atomic E-state index is 4.82. The van der Waals surface area contributed by atoms with Crippen LogP contribution in [0, 0.1) is 0 Å². The van der Waals surface area contributed by atoms with Crippen molar-refractivity contribution in [1.29, 1.82) is 0 Å². The number of hydrogen-bond donors (Lipinski definition) is 0. The summed E-state index contributed by atoms with van der Waals surface area (Å²) in [6, 6.07) is 29.8. The second kappa shape index (κ2) is 22.0. The summed E-state index contributed by atoms with van der Waals surface area (Å²) in [5.74, 6) is 0. The van der Waals surface area contributed by atoms with Crippen molar-refractivity contribution < 1.29 is 0 Å². The van der Waals surface area contributed by atoms with Gasteiger partial charge in [0.2, 0.25) is 0 Å². The molecule has 1 aliphatic carbocycles. The molecule has 37 heavy (non-hydrogen) atoms. The Bertz CT molecular complexity index is 954. The predicted molar refractivity (Wildman–Crippen MR) is 167 cm³/mol. The first-order chi connectivity index (χ1) is 18.4. The molecule has 0 amide bonds. The summed E-state index contributed by atoms with van der Waals surface area (Å²) < 4.78 is 0. The maximum Gasteiger partial charge on any atom is 0.0937 e. The minimum absolute atomic E-state index is 0.428. The van der Waals surface area contributed by atoms with E-state index in [1.165, 1.54) is 22.3 Å². The van der Waals surface area contributed by atoms with Gasteiger partial charge in [0.15, 0.2) is 0 Å². The zero-order chi connectivity index (χ0) is 28.7. The number of aromatic nitrogens is 2. The van der Waals surface area contributed by atoms with E-state index in [1.807, 2.05) is 83.1 Å². The average molecular weight is 501 g/mol. The third-order valence-corrected chi connectivity index (χ3v) is 5.05. The van der Waals surface area contributed by atoms with E-state index in [0.717, 1.165) is 11.4 Å². The van der Waals surface area contributed by atoms with Crippen LogP contribution in [0.2, 0.25) is 0 Å². The van der Waals surface area contributed by atoms with Gasteiger partial charge < -0.3 is 0 Å². The fourth-order valence-corrected chi connectivity index (χ4v) is 4.08. The molecule has 0 unspecified atom stereocenters. The van der Waals surface area contributed by atoms with Gasteiger partial charge in [-0.05, 0) is 16.7 Å². The molecule has 0 spiro atoms. The number of hydrogen-bond acceptors (Lipinski definition) is 2. The molecule has 1 heterocycles. The largest absolute Gasteiger partial charge is 0.256 e. The van der Waals surface area contributed by atoms with Gasteiger partial charge in [0.05, 0.1) is 16.8 Å². The lowest BCUT2D eigenvalue weighted by Crippen LogP contribution is -2.29. The summed E-state index contributed by atoms with van der Waals surface area (Å²) in [5, 5.41) is 0. The van der Waals surface area contributed by atoms with E-state index in [2.05, 4.69) is 89.9 Å². The van der Waals surface area contributed by atoms with E-state index in [9.17, 15) is 0 Å². The van der Waals surface area contributed by atoms with Crippen LogP contribution in [0.15, 0.2) is 97.3 Å². The number of fused-ring (bicyclic) bond motifs is 3. The monoisotopic (exact) mass is 500 g/mol. The molecule has 2 heteroatoms. The van der Waals surface area contributed by atoms with Crippen molar-refractivity contribution >= 4 is 0 Å². The van der Waals surface area contributed by atoms with Crippen molar-refractivity contribution in [2.45, 2.75) is 88.5 Å². The molecule has 0 saturated heterocycles. The average Bonchev–Trinajstić information content (AvgIpc) is 3.35. The Morgan fingerprint density at radius 2 is 0.811 bits per heavy atom. The molecule has 0 bridgehead atoms. The van der Waals surface area contributed by atoms with Crippen molar-refractivity contribution in [2.75, 3.05) is 0 Å². The van der Waals surface area contributed by atoms with E-state index in [0.29, 0.717) is 0 Å². The first-order valence-corrected chi connectivity index (χ1v) is 14.4. The first kappa shape index (κ1) is 35.9. The highest BCUT2D eigenvalue weighted by molar-refractivity contribution is 5.82. The Morgan fingerprint density at radius 1 is 0.432 bits per heavy atom. The summed E-state index contributed by atoms with van der Waals surface area (Å²) >= 11 is 0. The zero-order valence-electron chi connectivity index (χ0n) is 25.6. The fraction of sp³-hybridized carbons (Fsp3) is 0.371. The van der Waals surface area contributed by atoms with E-state index in [-0.39, 0.29) is 0 Å². The van der Waals surface area contributed by atoms with Crippen molar-refractivity contribution in [1.82, 2.24) is 9.97 Å². The quantitative estimate of drug-likeness (QED) is 0.241. The number of rotatable bonds is 2. The SMILES string of the molecule is CC.CC.CC.CC.CC.CC.c1ccc(C2(c3ccccc3)c3ccccc3-c3nccnc32)cc1. The van der Waals surface area contributed by atoms with Gasteiger partial charge in [-0.2, -0.15) is 0 Å². The molecule has 3 aromatic carbocycles. The Morgan fingerprint density at radius 3 is 1.27 bits per heavy atom. The summed E-state index contributed by atoms with van der Waals surface area (Å²) in [4.78, 5) is 9.50. The summed E-state index contributed by atoms with van der Waals surface area (Å²) in [7, 11) is 0. The van der Waals surface area contributed by atoms with Gasteiger partial charge in [-0.25, -0.2) is 0 Å². The lowest BCUT2D eigenvalue weighted by Gasteiger charge is -2.32. The molecule has 0 atom stereocenters. The second-order valence-electron chi connectivity index (χ2n) is 6.28. The zero-order valence-corrected chi connectivity index (χ0v) is 25.6. The minimum atomic E-state index is -0.428. The first-order valence-electron chi connectivity index (χ1n) is 14.4. The highest BCUT2D eigenvalue weighted by Crippen LogP contribution is 2.54. The number of benzene rings is 3. The molecule has 202 valence electrons. The minimum Gasteiger partial charge on any atom is -0.256 e. The molecule has 0 N–H and O–H groups in total. The Labute approximate surface area is 229 Å². The predicted octanol–water partition coefficient (Wildman–Crippen LogP) is 11.0. The molecule has 4 aromatic rings. The third-order valence-electron chi connectivity index (χ3n) is 5.05. The van der Waals surface area contributed by atoms with Crippen LogP contribution in [0.3, 0.4) is 0 Å². The molecule has 1 aliphatic rings. The van der Waals surface area contributed by atoms with Gasteiger partial charge in [-0.1, -0.05) is 168 Å². The van der Waals surface area contributed by atoms with Gasteiger partial charge in [0, 0.05) is 18.0 Å². The van der Waals surface area contributed by atoms with Crippen LogP contribution in [0.4, 0.5) is 0 Å². The highest BCUT2D eigenvalue weighted by Gasteiger charge is 2.47. The summed E-state index contributed by atoms with van der Waals surface area (Å²) in [6.07, 6.45) is 3.58.